The Kier molecular flexibility index (Phi) is 7.20. The summed E-state index contributed by atoms with van der Waals surface area (Å²) in [5.41, 5.74) is 14.3. The Bertz CT molecular complexity index is 868. The number of ether oxygens (including phenoxy) is 1. The SMILES string of the molecule is CC(C)CC1CCC2(C1)CC(CC1=CNC(N)C=C1)CC(C13CCC(C(N)(CCO)C1)C(C)(C)O3)C2. The number of hydrogen-bond donors (Lipinski definition) is 4. The van der Waals surface area contributed by atoms with E-state index >= 15 is 0 Å². The fourth-order valence-corrected chi connectivity index (χ4v) is 9.97. The highest BCUT2D eigenvalue weighted by atomic mass is 16.5. The van der Waals surface area contributed by atoms with E-state index in [4.69, 9.17) is 16.2 Å². The fourth-order valence-electron chi connectivity index (χ4n) is 9.97. The van der Waals surface area contributed by atoms with Crippen LogP contribution < -0.4 is 16.8 Å². The van der Waals surface area contributed by atoms with Gasteiger partial charge in [-0.1, -0.05) is 19.9 Å². The molecule has 204 valence electrons. The van der Waals surface area contributed by atoms with Crippen molar-refractivity contribution in [1.82, 2.24) is 5.32 Å². The minimum Gasteiger partial charge on any atom is -0.396 e. The zero-order valence-corrected chi connectivity index (χ0v) is 23.4. The molecule has 3 aliphatic carbocycles. The summed E-state index contributed by atoms with van der Waals surface area (Å²) in [5, 5.41) is 13.3. The molecule has 0 amide bonds. The maximum absolute atomic E-state index is 9.94. The molecule has 0 radical (unpaired) electrons. The molecule has 6 N–H and O–H groups in total. The molecule has 36 heavy (non-hydrogen) atoms. The van der Waals surface area contributed by atoms with Crippen LogP contribution in [0.1, 0.15) is 105 Å². The summed E-state index contributed by atoms with van der Waals surface area (Å²) >= 11 is 0. The maximum atomic E-state index is 9.94. The van der Waals surface area contributed by atoms with Gasteiger partial charge >= 0.3 is 0 Å². The standard InChI is InChI=1S/C31H53N3O2/c1-21(2)13-22-7-9-29(16-22)17-24(14-23-5-6-27(32)34-19-23)15-25(18-29)31-10-8-26(28(3,4)36-31)30(33,20-31)11-12-35/h5-6,19,21-22,24-27,34-35H,7-18,20,32-33H2,1-4H3. The molecule has 8 unspecified atom stereocenters. The van der Waals surface area contributed by atoms with Crippen LogP contribution in [0, 0.1) is 35.0 Å². The lowest BCUT2D eigenvalue weighted by molar-refractivity contribution is -0.291. The Morgan fingerprint density at radius 1 is 1.14 bits per heavy atom. The molecule has 2 bridgehead atoms. The van der Waals surface area contributed by atoms with Crippen molar-refractivity contribution in [2.24, 2.45) is 46.5 Å². The number of aliphatic hydroxyl groups is 1. The van der Waals surface area contributed by atoms with Gasteiger partial charge < -0.3 is 26.6 Å². The molecular weight excluding hydrogens is 446 g/mol. The number of nitrogens with two attached hydrogens (primary N) is 2. The molecule has 3 aliphatic heterocycles. The van der Waals surface area contributed by atoms with Gasteiger partial charge in [-0.2, -0.15) is 0 Å². The number of hydrogen-bond acceptors (Lipinski definition) is 5. The smallest absolute Gasteiger partial charge is 0.0934 e. The Hall–Kier alpha value is -0.880. The maximum Gasteiger partial charge on any atom is 0.0934 e. The average molecular weight is 500 g/mol. The van der Waals surface area contributed by atoms with Crippen LogP contribution in [-0.2, 0) is 4.74 Å². The monoisotopic (exact) mass is 499 g/mol. The topological polar surface area (TPSA) is 93.5 Å². The molecule has 5 nitrogen and oxygen atoms in total. The number of allylic oxidation sites excluding steroid dienone is 2. The largest absolute Gasteiger partial charge is 0.396 e. The minimum absolute atomic E-state index is 0.0676. The third-order valence-electron chi connectivity index (χ3n) is 10.9. The fraction of sp³-hybridized carbons (Fsp3) is 0.871. The lowest BCUT2D eigenvalue weighted by atomic mass is 9.51. The van der Waals surface area contributed by atoms with E-state index in [9.17, 15) is 5.11 Å². The molecule has 6 rings (SSSR count). The van der Waals surface area contributed by atoms with Crippen molar-refractivity contribution in [2.45, 2.75) is 128 Å². The van der Waals surface area contributed by atoms with Gasteiger partial charge in [0, 0.05) is 24.3 Å². The lowest BCUT2D eigenvalue weighted by Crippen LogP contribution is -2.72. The van der Waals surface area contributed by atoms with E-state index in [0.717, 1.165) is 37.5 Å². The first-order chi connectivity index (χ1) is 17.0. The van der Waals surface area contributed by atoms with E-state index in [0.29, 0.717) is 29.6 Å². The summed E-state index contributed by atoms with van der Waals surface area (Å²) in [6.07, 6.45) is 20.8. The number of aliphatic hydroxyl groups excluding tert-OH is 1. The predicted molar refractivity (Wildman–Crippen MR) is 147 cm³/mol. The lowest BCUT2D eigenvalue weighted by Gasteiger charge is -2.66. The van der Waals surface area contributed by atoms with Gasteiger partial charge in [0.2, 0.25) is 0 Å². The highest BCUT2D eigenvalue weighted by Crippen LogP contribution is 2.64. The van der Waals surface area contributed by atoms with Crippen molar-refractivity contribution in [2.75, 3.05) is 6.61 Å². The first kappa shape index (κ1) is 26.7. The molecule has 6 aliphatic rings. The van der Waals surface area contributed by atoms with Crippen LogP contribution >= 0.6 is 0 Å². The van der Waals surface area contributed by atoms with Crippen molar-refractivity contribution < 1.29 is 9.84 Å². The van der Waals surface area contributed by atoms with Gasteiger partial charge in [0.15, 0.2) is 0 Å². The Labute approximate surface area is 219 Å². The second kappa shape index (κ2) is 9.70. The predicted octanol–water partition coefficient (Wildman–Crippen LogP) is 5.38. The highest BCUT2D eigenvalue weighted by Gasteiger charge is 2.64. The van der Waals surface area contributed by atoms with Gasteiger partial charge in [-0.25, -0.2) is 0 Å². The van der Waals surface area contributed by atoms with Gasteiger partial charge in [-0.05, 0) is 132 Å². The number of rotatable bonds is 7. The molecule has 8 atom stereocenters. The normalized spacial score (nSPS) is 45.8. The molecule has 5 heteroatoms. The van der Waals surface area contributed by atoms with Crippen LogP contribution in [0.4, 0.5) is 0 Å². The van der Waals surface area contributed by atoms with E-state index in [1.54, 1.807) is 0 Å². The van der Waals surface area contributed by atoms with Crippen molar-refractivity contribution >= 4 is 0 Å². The first-order valence-corrected chi connectivity index (χ1v) is 15.0. The summed E-state index contributed by atoms with van der Waals surface area (Å²) in [5.74, 6) is 3.18. The molecule has 0 aromatic heterocycles. The average Bonchev–Trinajstić information content (AvgIpc) is 3.14. The summed E-state index contributed by atoms with van der Waals surface area (Å²) in [6, 6.07) is 0. The highest BCUT2D eigenvalue weighted by molar-refractivity contribution is 5.24. The number of nitrogens with one attached hydrogen (secondary N) is 1. The van der Waals surface area contributed by atoms with E-state index in [1.165, 1.54) is 50.5 Å². The van der Waals surface area contributed by atoms with Gasteiger partial charge in [0.25, 0.3) is 0 Å². The van der Waals surface area contributed by atoms with Crippen molar-refractivity contribution in [3.05, 3.63) is 23.9 Å². The minimum atomic E-state index is -0.320. The molecule has 2 saturated heterocycles. The zero-order chi connectivity index (χ0) is 25.8. The van der Waals surface area contributed by atoms with Gasteiger partial charge in [-0.3, -0.25) is 0 Å². The second-order valence-corrected chi connectivity index (χ2v) is 14.7. The van der Waals surface area contributed by atoms with E-state index in [-0.39, 0.29) is 29.5 Å². The van der Waals surface area contributed by atoms with Crippen molar-refractivity contribution in [3.8, 4) is 0 Å². The summed E-state index contributed by atoms with van der Waals surface area (Å²) in [4.78, 5) is 0. The molecular formula is C31H53N3O2. The quantitative estimate of drug-likeness (QED) is 0.377. The Morgan fingerprint density at radius 2 is 1.92 bits per heavy atom. The van der Waals surface area contributed by atoms with Crippen LogP contribution in [0.3, 0.4) is 0 Å². The van der Waals surface area contributed by atoms with Crippen LogP contribution in [0.5, 0.6) is 0 Å². The van der Waals surface area contributed by atoms with E-state index in [1.807, 2.05) is 0 Å². The molecule has 3 heterocycles. The Balaban J connectivity index is 1.43. The van der Waals surface area contributed by atoms with Crippen LogP contribution in [0.25, 0.3) is 0 Å². The second-order valence-electron chi connectivity index (χ2n) is 14.7. The summed E-state index contributed by atoms with van der Waals surface area (Å²) < 4.78 is 7.17. The molecule has 0 aromatic rings. The number of fused-ring (bicyclic) bond motifs is 3. The molecule has 3 saturated carbocycles. The third kappa shape index (κ3) is 5.07. The third-order valence-corrected chi connectivity index (χ3v) is 10.9. The van der Waals surface area contributed by atoms with E-state index in [2.05, 4.69) is 51.4 Å². The van der Waals surface area contributed by atoms with Crippen LogP contribution in [0.15, 0.2) is 23.9 Å². The summed E-state index contributed by atoms with van der Waals surface area (Å²) in [6.45, 7) is 9.47. The first-order valence-electron chi connectivity index (χ1n) is 15.0. The van der Waals surface area contributed by atoms with Crippen LogP contribution in [-0.4, -0.2) is 34.6 Å². The molecule has 5 fully saturated rings. The van der Waals surface area contributed by atoms with Crippen molar-refractivity contribution in [1.29, 1.82) is 0 Å². The van der Waals surface area contributed by atoms with Gasteiger partial charge in [0.1, 0.15) is 0 Å². The molecule has 1 spiro atoms. The van der Waals surface area contributed by atoms with Gasteiger partial charge in [0.05, 0.1) is 17.4 Å². The van der Waals surface area contributed by atoms with Crippen LogP contribution in [0.2, 0.25) is 0 Å². The van der Waals surface area contributed by atoms with E-state index < -0.39 is 0 Å². The van der Waals surface area contributed by atoms with Gasteiger partial charge in [-0.15, -0.1) is 0 Å². The Morgan fingerprint density at radius 3 is 2.58 bits per heavy atom. The molecule has 0 aromatic carbocycles. The number of dihydropyridines is 1. The summed E-state index contributed by atoms with van der Waals surface area (Å²) in [7, 11) is 0. The van der Waals surface area contributed by atoms with Crippen molar-refractivity contribution in [3.63, 3.8) is 0 Å². The zero-order valence-electron chi connectivity index (χ0n) is 23.4.